The van der Waals surface area contributed by atoms with Crippen LogP contribution in [0.1, 0.15) is 11.1 Å². The summed E-state index contributed by atoms with van der Waals surface area (Å²) in [6.45, 7) is 3.91. The Bertz CT molecular complexity index is 665. The maximum atomic E-state index is 12.1. The van der Waals surface area contributed by atoms with Crippen LogP contribution in [0.5, 0.6) is 5.75 Å². The van der Waals surface area contributed by atoms with Crippen molar-refractivity contribution in [3.8, 4) is 5.75 Å². The van der Waals surface area contributed by atoms with Gasteiger partial charge >= 0.3 is 0 Å². The minimum absolute atomic E-state index is 0.0818. The van der Waals surface area contributed by atoms with E-state index in [-0.39, 0.29) is 5.91 Å². The summed E-state index contributed by atoms with van der Waals surface area (Å²) < 4.78 is 5.17. The van der Waals surface area contributed by atoms with Crippen molar-refractivity contribution in [2.75, 3.05) is 18.2 Å². The van der Waals surface area contributed by atoms with E-state index in [1.54, 1.807) is 7.11 Å². The first-order chi connectivity index (χ1) is 10.5. The molecule has 1 N–H and O–H groups in total. The van der Waals surface area contributed by atoms with E-state index in [1.807, 2.05) is 50.2 Å². The van der Waals surface area contributed by atoms with Crippen molar-refractivity contribution in [1.29, 1.82) is 0 Å². The molecule has 5 heteroatoms. The number of thioether (sulfide) groups is 1. The molecule has 0 aliphatic heterocycles. The molecule has 0 saturated carbocycles. The number of benzene rings is 2. The first-order valence-corrected chi connectivity index (χ1v) is 8.19. The zero-order valence-corrected chi connectivity index (χ0v) is 14.3. The number of halogens is 1. The number of aryl methyl sites for hydroxylation is 2. The standard InChI is InChI=1S/C17H18ClNO2S/c1-11-7-12(2)17(15(18)8-11)19-16(20)10-22-14-6-4-5-13(9-14)21-3/h4-9H,10H2,1-3H3,(H,19,20). The van der Waals surface area contributed by atoms with E-state index in [9.17, 15) is 4.79 Å². The molecule has 0 spiro atoms. The SMILES string of the molecule is COc1cccc(SCC(=O)Nc2c(C)cc(C)cc2Cl)c1. The van der Waals surface area contributed by atoms with Crippen LogP contribution in [0.25, 0.3) is 0 Å². The first-order valence-electron chi connectivity index (χ1n) is 6.83. The Morgan fingerprint density at radius 3 is 2.73 bits per heavy atom. The fourth-order valence-corrected chi connectivity index (χ4v) is 3.20. The number of carbonyl (C=O) groups excluding carboxylic acids is 1. The number of carbonyl (C=O) groups is 1. The van der Waals surface area contributed by atoms with Crippen LogP contribution in [0.3, 0.4) is 0 Å². The fraction of sp³-hybridized carbons (Fsp3) is 0.235. The van der Waals surface area contributed by atoms with Gasteiger partial charge in [-0.15, -0.1) is 11.8 Å². The van der Waals surface area contributed by atoms with E-state index >= 15 is 0 Å². The molecule has 116 valence electrons. The quantitative estimate of drug-likeness (QED) is 0.805. The Hall–Kier alpha value is -1.65. The van der Waals surface area contributed by atoms with E-state index < -0.39 is 0 Å². The van der Waals surface area contributed by atoms with Crippen LogP contribution in [-0.4, -0.2) is 18.8 Å². The molecule has 0 unspecified atom stereocenters. The Kier molecular flexibility index (Phi) is 5.75. The highest BCUT2D eigenvalue weighted by Crippen LogP contribution is 2.28. The lowest BCUT2D eigenvalue weighted by Gasteiger charge is -2.11. The van der Waals surface area contributed by atoms with Crippen molar-refractivity contribution >= 4 is 35.0 Å². The normalized spacial score (nSPS) is 10.4. The molecule has 0 atom stereocenters. The predicted octanol–water partition coefficient (Wildman–Crippen LogP) is 4.70. The van der Waals surface area contributed by atoms with Crippen LogP contribution in [0.15, 0.2) is 41.3 Å². The van der Waals surface area contributed by atoms with Crippen molar-refractivity contribution in [2.24, 2.45) is 0 Å². The molecular weight excluding hydrogens is 318 g/mol. The average molecular weight is 336 g/mol. The summed E-state index contributed by atoms with van der Waals surface area (Å²) in [7, 11) is 1.62. The number of methoxy groups -OCH3 is 1. The van der Waals surface area contributed by atoms with Gasteiger partial charge in [-0.05, 0) is 49.2 Å². The first kappa shape index (κ1) is 16.7. The second-order valence-corrected chi connectivity index (χ2v) is 6.41. The van der Waals surface area contributed by atoms with Gasteiger partial charge in [-0.2, -0.15) is 0 Å². The zero-order chi connectivity index (χ0) is 16.1. The average Bonchev–Trinajstić information content (AvgIpc) is 2.49. The number of amides is 1. The summed E-state index contributed by atoms with van der Waals surface area (Å²) in [6.07, 6.45) is 0. The molecule has 0 aliphatic carbocycles. The maximum absolute atomic E-state index is 12.1. The molecule has 0 radical (unpaired) electrons. The van der Waals surface area contributed by atoms with E-state index in [4.69, 9.17) is 16.3 Å². The number of ether oxygens (including phenoxy) is 1. The van der Waals surface area contributed by atoms with Crippen LogP contribution in [0, 0.1) is 13.8 Å². The molecule has 0 heterocycles. The van der Waals surface area contributed by atoms with Gasteiger partial charge in [0, 0.05) is 4.90 Å². The summed E-state index contributed by atoms with van der Waals surface area (Å²) in [5, 5.41) is 3.45. The predicted molar refractivity (Wildman–Crippen MR) is 93.3 cm³/mol. The Labute approximate surface area is 140 Å². The largest absolute Gasteiger partial charge is 0.497 e. The third-order valence-electron chi connectivity index (χ3n) is 3.11. The van der Waals surface area contributed by atoms with Crippen LogP contribution < -0.4 is 10.1 Å². The minimum atomic E-state index is -0.0818. The van der Waals surface area contributed by atoms with Crippen molar-refractivity contribution < 1.29 is 9.53 Å². The van der Waals surface area contributed by atoms with Gasteiger partial charge in [0.2, 0.25) is 5.91 Å². The highest BCUT2D eigenvalue weighted by atomic mass is 35.5. The van der Waals surface area contributed by atoms with Gasteiger partial charge in [0.1, 0.15) is 5.75 Å². The summed E-state index contributed by atoms with van der Waals surface area (Å²) in [4.78, 5) is 13.1. The summed E-state index contributed by atoms with van der Waals surface area (Å²) in [6, 6.07) is 11.5. The third-order valence-corrected chi connectivity index (χ3v) is 4.40. The number of hydrogen-bond acceptors (Lipinski definition) is 3. The molecule has 22 heavy (non-hydrogen) atoms. The number of anilines is 1. The number of rotatable bonds is 5. The summed E-state index contributed by atoms with van der Waals surface area (Å²) in [5.74, 6) is 1.01. The Balaban J connectivity index is 1.99. The molecule has 0 fully saturated rings. The lowest BCUT2D eigenvalue weighted by molar-refractivity contribution is -0.113. The third kappa shape index (κ3) is 4.42. The summed E-state index contributed by atoms with van der Waals surface area (Å²) >= 11 is 7.65. The molecular formula is C17H18ClNO2S. The highest BCUT2D eigenvalue weighted by Gasteiger charge is 2.10. The van der Waals surface area contributed by atoms with Crippen molar-refractivity contribution in [1.82, 2.24) is 0 Å². The van der Waals surface area contributed by atoms with Gasteiger partial charge in [-0.3, -0.25) is 4.79 Å². The molecule has 3 nitrogen and oxygen atoms in total. The highest BCUT2D eigenvalue weighted by molar-refractivity contribution is 8.00. The second kappa shape index (κ2) is 7.56. The van der Waals surface area contributed by atoms with E-state index in [1.165, 1.54) is 11.8 Å². The minimum Gasteiger partial charge on any atom is -0.497 e. The molecule has 0 aromatic heterocycles. The molecule has 1 amide bonds. The lowest BCUT2D eigenvalue weighted by atomic mass is 10.1. The van der Waals surface area contributed by atoms with E-state index in [2.05, 4.69) is 5.32 Å². The molecule has 2 aromatic carbocycles. The van der Waals surface area contributed by atoms with Gasteiger partial charge in [-0.1, -0.05) is 23.7 Å². The molecule has 0 saturated heterocycles. The van der Waals surface area contributed by atoms with Gasteiger partial charge in [0.15, 0.2) is 0 Å². The lowest BCUT2D eigenvalue weighted by Crippen LogP contribution is -2.15. The molecule has 0 bridgehead atoms. The van der Waals surface area contributed by atoms with Crippen LogP contribution in [-0.2, 0) is 4.79 Å². The van der Waals surface area contributed by atoms with Crippen LogP contribution >= 0.6 is 23.4 Å². The Morgan fingerprint density at radius 2 is 2.05 bits per heavy atom. The smallest absolute Gasteiger partial charge is 0.234 e. The van der Waals surface area contributed by atoms with Gasteiger partial charge < -0.3 is 10.1 Å². The Morgan fingerprint density at radius 1 is 1.27 bits per heavy atom. The maximum Gasteiger partial charge on any atom is 0.234 e. The van der Waals surface area contributed by atoms with E-state index in [0.29, 0.717) is 16.5 Å². The van der Waals surface area contributed by atoms with Crippen LogP contribution in [0.2, 0.25) is 5.02 Å². The molecule has 2 aromatic rings. The van der Waals surface area contributed by atoms with Crippen molar-refractivity contribution in [3.05, 3.63) is 52.5 Å². The fourth-order valence-electron chi connectivity index (χ4n) is 2.09. The van der Waals surface area contributed by atoms with Crippen LogP contribution in [0.4, 0.5) is 5.69 Å². The topological polar surface area (TPSA) is 38.3 Å². The zero-order valence-electron chi connectivity index (χ0n) is 12.8. The van der Waals surface area contributed by atoms with Gasteiger partial charge in [0.25, 0.3) is 0 Å². The number of hydrogen-bond donors (Lipinski definition) is 1. The monoisotopic (exact) mass is 335 g/mol. The van der Waals surface area contributed by atoms with E-state index in [0.717, 1.165) is 21.8 Å². The van der Waals surface area contributed by atoms with Gasteiger partial charge in [0.05, 0.1) is 23.6 Å². The number of nitrogens with one attached hydrogen (secondary N) is 1. The van der Waals surface area contributed by atoms with Crippen molar-refractivity contribution in [3.63, 3.8) is 0 Å². The molecule has 2 rings (SSSR count). The second-order valence-electron chi connectivity index (χ2n) is 4.95. The summed E-state index contributed by atoms with van der Waals surface area (Å²) in [5.41, 5.74) is 2.72. The van der Waals surface area contributed by atoms with Crippen molar-refractivity contribution in [2.45, 2.75) is 18.7 Å². The van der Waals surface area contributed by atoms with Gasteiger partial charge in [-0.25, -0.2) is 0 Å². The molecule has 0 aliphatic rings.